The molecule has 0 bridgehead atoms. The van der Waals surface area contributed by atoms with Crippen LogP contribution in [0.15, 0.2) is 22.8 Å². The average molecular weight is 393 g/mol. The molecule has 0 spiro atoms. The number of amides is 2. The lowest BCUT2D eigenvalue weighted by atomic mass is 10.1. The number of furan rings is 1. The molecule has 1 fully saturated rings. The number of rotatable bonds is 12. The number of hydrogen-bond donors (Lipinski definition) is 0. The molecule has 1 unspecified atom stereocenters. The smallest absolute Gasteiger partial charge is 0.242 e. The molecule has 0 saturated carbocycles. The summed E-state index contributed by atoms with van der Waals surface area (Å²) in [6.45, 7) is 8.69. The molecule has 1 saturated heterocycles. The van der Waals surface area contributed by atoms with Gasteiger partial charge >= 0.3 is 0 Å². The minimum atomic E-state index is -0.0450. The highest BCUT2D eigenvalue weighted by Gasteiger charge is 2.26. The molecule has 0 N–H and O–H groups in total. The molecule has 6 nitrogen and oxygen atoms in total. The second kappa shape index (κ2) is 11.9. The lowest BCUT2D eigenvalue weighted by molar-refractivity contribution is -0.142. The second-order valence-corrected chi connectivity index (χ2v) is 8.11. The molecule has 0 aromatic carbocycles. The molecule has 6 heteroatoms. The second-order valence-electron chi connectivity index (χ2n) is 8.11. The van der Waals surface area contributed by atoms with Crippen LogP contribution in [0.5, 0.6) is 0 Å². The highest BCUT2D eigenvalue weighted by atomic mass is 16.5. The molecule has 0 aliphatic carbocycles. The van der Waals surface area contributed by atoms with Gasteiger partial charge in [-0.2, -0.15) is 0 Å². The fourth-order valence-corrected chi connectivity index (χ4v) is 3.52. The van der Waals surface area contributed by atoms with Crippen molar-refractivity contribution in [3.8, 4) is 0 Å². The normalized spacial score (nSPS) is 16.5. The highest BCUT2D eigenvalue weighted by Crippen LogP contribution is 2.16. The summed E-state index contributed by atoms with van der Waals surface area (Å²) in [5.74, 6) is 1.09. The van der Waals surface area contributed by atoms with Crippen molar-refractivity contribution in [1.82, 2.24) is 9.80 Å². The van der Waals surface area contributed by atoms with Gasteiger partial charge in [-0.05, 0) is 37.3 Å². The first kappa shape index (κ1) is 22.5. The van der Waals surface area contributed by atoms with Crippen LogP contribution in [0.1, 0.15) is 65.1 Å². The minimum Gasteiger partial charge on any atom is -0.467 e. The highest BCUT2D eigenvalue weighted by molar-refractivity contribution is 5.84. The molecular weight excluding hydrogens is 356 g/mol. The van der Waals surface area contributed by atoms with Gasteiger partial charge in [0.25, 0.3) is 0 Å². The van der Waals surface area contributed by atoms with Crippen LogP contribution in [0.2, 0.25) is 0 Å². The Morgan fingerprint density at radius 3 is 2.64 bits per heavy atom. The Labute approximate surface area is 169 Å². The fraction of sp³-hybridized carbons (Fsp3) is 0.727. The SMILES string of the molecule is CCCCCC(=O)N(CC(=O)N(Cc1ccco1)CC1CCCO1)CC(C)C. The third-order valence-corrected chi connectivity index (χ3v) is 4.99. The molecule has 1 aromatic rings. The zero-order chi connectivity index (χ0) is 20.4. The van der Waals surface area contributed by atoms with Crippen LogP contribution in [0, 0.1) is 5.92 Å². The first-order valence-corrected chi connectivity index (χ1v) is 10.7. The predicted molar refractivity (Wildman–Crippen MR) is 109 cm³/mol. The van der Waals surface area contributed by atoms with Crippen molar-refractivity contribution in [2.24, 2.45) is 5.92 Å². The summed E-state index contributed by atoms with van der Waals surface area (Å²) in [6.07, 6.45) is 7.19. The number of ether oxygens (including phenoxy) is 1. The van der Waals surface area contributed by atoms with Gasteiger partial charge in [0, 0.05) is 26.1 Å². The Balaban J connectivity index is 2.02. The van der Waals surface area contributed by atoms with E-state index in [1.165, 1.54) is 0 Å². The summed E-state index contributed by atoms with van der Waals surface area (Å²) in [5.41, 5.74) is 0. The van der Waals surface area contributed by atoms with Gasteiger partial charge in [-0.25, -0.2) is 0 Å². The zero-order valence-corrected chi connectivity index (χ0v) is 17.7. The summed E-state index contributed by atoms with van der Waals surface area (Å²) < 4.78 is 11.2. The number of hydrogen-bond acceptors (Lipinski definition) is 4. The van der Waals surface area contributed by atoms with Gasteiger partial charge in [0.05, 0.1) is 25.5 Å². The van der Waals surface area contributed by atoms with E-state index in [0.717, 1.165) is 44.5 Å². The van der Waals surface area contributed by atoms with E-state index in [4.69, 9.17) is 9.15 Å². The average Bonchev–Trinajstić information content (AvgIpc) is 3.34. The Bertz CT molecular complexity index is 579. The van der Waals surface area contributed by atoms with E-state index in [2.05, 4.69) is 20.8 Å². The van der Waals surface area contributed by atoms with Crippen LogP contribution < -0.4 is 0 Å². The van der Waals surface area contributed by atoms with Gasteiger partial charge in [0.2, 0.25) is 11.8 Å². The van der Waals surface area contributed by atoms with E-state index in [9.17, 15) is 9.59 Å². The number of carbonyl (C=O) groups excluding carboxylic acids is 2. The Kier molecular flexibility index (Phi) is 9.55. The van der Waals surface area contributed by atoms with E-state index in [1.54, 1.807) is 16.1 Å². The predicted octanol–water partition coefficient (Wildman–Crippen LogP) is 3.85. The van der Waals surface area contributed by atoms with Gasteiger partial charge in [-0.1, -0.05) is 33.6 Å². The van der Waals surface area contributed by atoms with Crippen molar-refractivity contribution in [2.75, 3.05) is 26.2 Å². The van der Waals surface area contributed by atoms with Gasteiger partial charge < -0.3 is 19.0 Å². The largest absolute Gasteiger partial charge is 0.467 e. The first-order valence-electron chi connectivity index (χ1n) is 10.7. The van der Waals surface area contributed by atoms with Gasteiger partial charge in [0.15, 0.2) is 0 Å². The summed E-state index contributed by atoms with van der Waals surface area (Å²) in [5, 5.41) is 0. The lowest BCUT2D eigenvalue weighted by Crippen LogP contribution is -2.46. The molecule has 1 aliphatic rings. The van der Waals surface area contributed by atoms with Crippen LogP contribution in [-0.2, 0) is 20.9 Å². The number of unbranched alkanes of at least 4 members (excludes halogenated alkanes) is 2. The van der Waals surface area contributed by atoms with Gasteiger partial charge in [-0.15, -0.1) is 0 Å². The van der Waals surface area contributed by atoms with Crippen LogP contribution in [0.25, 0.3) is 0 Å². The molecule has 28 heavy (non-hydrogen) atoms. The van der Waals surface area contributed by atoms with E-state index in [1.807, 2.05) is 12.1 Å². The molecular formula is C22H36N2O4. The monoisotopic (exact) mass is 392 g/mol. The van der Waals surface area contributed by atoms with Crippen LogP contribution in [0.4, 0.5) is 0 Å². The van der Waals surface area contributed by atoms with E-state index in [-0.39, 0.29) is 24.5 Å². The summed E-state index contributed by atoms with van der Waals surface area (Å²) in [4.78, 5) is 29.3. The van der Waals surface area contributed by atoms with Crippen LogP contribution in [0.3, 0.4) is 0 Å². The van der Waals surface area contributed by atoms with Crippen molar-refractivity contribution >= 4 is 11.8 Å². The topological polar surface area (TPSA) is 63.0 Å². The van der Waals surface area contributed by atoms with Crippen molar-refractivity contribution in [3.05, 3.63) is 24.2 Å². The van der Waals surface area contributed by atoms with Crippen molar-refractivity contribution in [3.63, 3.8) is 0 Å². The Morgan fingerprint density at radius 1 is 1.21 bits per heavy atom. The number of carbonyl (C=O) groups is 2. The Hall–Kier alpha value is -1.82. The van der Waals surface area contributed by atoms with Crippen LogP contribution in [-0.4, -0.2) is 54.0 Å². The fourth-order valence-electron chi connectivity index (χ4n) is 3.52. The summed E-state index contributed by atoms with van der Waals surface area (Å²) >= 11 is 0. The quantitative estimate of drug-likeness (QED) is 0.507. The van der Waals surface area contributed by atoms with E-state index in [0.29, 0.717) is 32.0 Å². The van der Waals surface area contributed by atoms with Gasteiger partial charge in [0.1, 0.15) is 5.76 Å². The molecule has 2 heterocycles. The molecule has 158 valence electrons. The maximum Gasteiger partial charge on any atom is 0.242 e. The molecule has 1 aromatic heterocycles. The van der Waals surface area contributed by atoms with Crippen LogP contribution >= 0.6 is 0 Å². The van der Waals surface area contributed by atoms with Gasteiger partial charge in [-0.3, -0.25) is 9.59 Å². The van der Waals surface area contributed by atoms with Crippen molar-refractivity contribution < 1.29 is 18.7 Å². The minimum absolute atomic E-state index is 0.0450. The lowest BCUT2D eigenvalue weighted by Gasteiger charge is -2.29. The molecule has 2 amide bonds. The number of nitrogens with zero attached hydrogens (tertiary/aromatic N) is 2. The van der Waals surface area contributed by atoms with E-state index >= 15 is 0 Å². The first-order chi connectivity index (χ1) is 13.5. The standard InChI is InChI=1S/C22H36N2O4/c1-4-5-6-11-21(25)23(14-18(2)3)17-22(26)24(15-19-9-7-12-27-19)16-20-10-8-13-28-20/h7,9,12,18,20H,4-6,8,10-11,13-17H2,1-3H3. The summed E-state index contributed by atoms with van der Waals surface area (Å²) in [7, 11) is 0. The maximum absolute atomic E-state index is 13.1. The molecule has 1 atom stereocenters. The zero-order valence-electron chi connectivity index (χ0n) is 17.7. The molecule has 1 aliphatic heterocycles. The van der Waals surface area contributed by atoms with E-state index < -0.39 is 0 Å². The van der Waals surface area contributed by atoms with Crippen molar-refractivity contribution in [1.29, 1.82) is 0 Å². The third-order valence-electron chi connectivity index (χ3n) is 4.99. The van der Waals surface area contributed by atoms with Crippen molar-refractivity contribution in [2.45, 2.75) is 71.9 Å². The maximum atomic E-state index is 13.1. The molecule has 0 radical (unpaired) electrons. The summed E-state index contributed by atoms with van der Waals surface area (Å²) in [6, 6.07) is 3.70. The Morgan fingerprint density at radius 2 is 2.04 bits per heavy atom. The third kappa shape index (κ3) is 7.66. The molecule has 2 rings (SSSR count).